The SMILES string of the molecule is CCCNC(=O)CN1CCN(C(=O)c2ccc(C)c(OC)c2)CC1. The largest absolute Gasteiger partial charge is 0.496 e. The fraction of sp³-hybridized carbons (Fsp3) is 0.556. The van der Waals surface area contributed by atoms with Crippen LogP contribution in [0.5, 0.6) is 5.75 Å². The Kier molecular flexibility index (Phi) is 6.61. The van der Waals surface area contributed by atoms with Crippen LogP contribution in [0, 0.1) is 6.92 Å². The number of ether oxygens (including phenoxy) is 1. The Morgan fingerprint density at radius 1 is 1.21 bits per heavy atom. The molecule has 0 unspecified atom stereocenters. The third-order valence-electron chi connectivity index (χ3n) is 4.25. The molecule has 0 spiro atoms. The molecule has 1 N–H and O–H groups in total. The molecule has 1 aliphatic heterocycles. The number of aryl methyl sites for hydroxylation is 1. The molecule has 132 valence electrons. The van der Waals surface area contributed by atoms with Gasteiger partial charge in [0.25, 0.3) is 5.91 Å². The molecule has 6 nitrogen and oxygen atoms in total. The highest BCUT2D eigenvalue weighted by atomic mass is 16.5. The number of benzene rings is 1. The summed E-state index contributed by atoms with van der Waals surface area (Å²) in [7, 11) is 1.61. The van der Waals surface area contributed by atoms with E-state index in [0.717, 1.165) is 17.7 Å². The molecule has 0 radical (unpaired) electrons. The lowest BCUT2D eigenvalue weighted by Crippen LogP contribution is -2.51. The van der Waals surface area contributed by atoms with Gasteiger partial charge in [0.1, 0.15) is 5.75 Å². The minimum Gasteiger partial charge on any atom is -0.496 e. The summed E-state index contributed by atoms with van der Waals surface area (Å²) in [5.74, 6) is 0.801. The van der Waals surface area contributed by atoms with Gasteiger partial charge in [0, 0.05) is 38.3 Å². The molecule has 0 aliphatic carbocycles. The van der Waals surface area contributed by atoms with Crippen LogP contribution in [0.15, 0.2) is 18.2 Å². The predicted molar refractivity (Wildman–Crippen MR) is 93.4 cm³/mol. The number of rotatable bonds is 6. The molecule has 6 heteroatoms. The molecule has 1 aromatic carbocycles. The first-order valence-electron chi connectivity index (χ1n) is 8.48. The van der Waals surface area contributed by atoms with Crippen molar-refractivity contribution in [2.75, 3.05) is 46.4 Å². The van der Waals surface area contributed by atoms with Crippen molar-refractivity contribution in [1.82, 2.24) is 15.1 Å². The van der Waals surface area contributed by atoms with E-state index < -0.39 is 0 Å². The molecule has 24 heavy (non-hydrogen) atoms. The van der Waals surface area contributed by atoms with E-state index in [1.807, 2.05) is 30.9 Å². The lowest BCUT2D eigenvalue weighted by Gasteiger charge is -2.34. The van der Waals surface area contributed by atoms with Gasteiger partial charge in [0.15, 0.2) is 0 Å². The molecule has 1 heterocycles. The van der Waals surface area contributed by atoms with Gasteiger partial charge in [0.2, 0.25) is 5.91 Å². The van der Waals surface area contributed by atoms with Crippen LogP contribution >= 0.6 is 0 Å². The Labute approximate surface area is 143 Å². The standard InChI is InChI=1S/C18H27N3O3/c1-4-7-19-17(22)13-20-8-10-21(11-9-20)18(23)15-6-5-14(2)16(12-15)24-3/h5-6,12H,4,7-11,13H2,1-3H3,(H,19,22). The van der Waals surface area contributed by atoms with E-state index in [-0.39, 0.29) is 11.8 Å². The highest BCUT2D eigenvalue weighted by molar-refractivity contribution is 5.94. The van der Waals surface area contributed by atoms with Gasteiger partial charge in [0.05, 0.1) is 13.7 Å². The monoisotopic (exact) mass is 333 g/mol. The van der Waals surface area contributed by atoms with Crippen LogP contribution in [0.1, 0.15) is 29.3 Å². The molecule has 1 aromatic rings. The van der Waals surface area contributed by atoms with Gasteiger partial charge in [-0.1, -0.05) is 13.0 Å². The van der Waals surface area contributed by atoms with Gasteiger partial charge in [-0.15, -0.1) is 0 Å². The molecule has 1 saturated heterocycles. The minimum absolute atomic E-state index is 0.0170. The van der Waals surface area contributed by atoms with Crippen molar-refractivity contribution in [2.45, 2.75) is 20.3 Å². The zero-order valence-corrected chi connectivity index (χ0v) is 14.8. The number of amides is 2. The smallest absolute Gasteiger partial charge is 0.254 e. The Morgan fingerprint density at radius 2 is 1.92 bits per heavy atom. The van der Waals surface area contributed by atoms with E-state index in [0.29, 0.717) is 44.8 Å². The molecule has 0 atom stereocenters. The fourth-order valence-corrected chi connectivity index (χ4v) is 2.77. The Bertz CT molecular complexity index is 581. The Hall–Kier alpha value is -2.08. The molecule has 0 bridgehead atoms. The molecule has 0 aromatic heterocycles. The second-order valence-corrected chi connectivity index (χ2v) is 6.10. The van der Waals surface area contributed by atoms with Crippen LogP contribution in [0.2, 0.25) is 0 Å². The summed E-state index contributed by atoms with van der Waals surface area (Å²) in [6.07, 6.45) is 0.939. The number of piperazine rings is 1. The van der Waals surface area contributed by atoms with Gasteiger partial charge >= 0.3 is 0 Å². The molecule has 2 rings (SSSR count). The minimum atomic E-state index is 0.0170. The summed E-state index contributed by atoms with van der Waals surface area (Å²) >= 11 is 0. The summed E-state index contributed by atoms with van der Waals surface area (Å²) in [6.45, 7) is 7.81. The molecule has 0 saturated carbocycles. The van der Waals surface area contributed by atoms with E-state index in [9.17, 15) is 9.59 Å². The van der Waals surface area contributed by atoms with Crippen molar-refractivity contribution in [3.8, 4) is 5.75 Å². The van der Waals surface area contributed by atoms with Crippen molar-refractivity contribution in [3.05, 3.63) is 29.3 Å². The van der Waals surface area contributed by atoms with Crippen LogP contribution < -0.4 is 10.1 Å². The second kappa shape index (κ2) is 8.68. The Balaban J connectivity index is 1.87. The zero-order chi connectivity index (χ0) is 17.5. The lowest BCUT2D eigenvalue weighted by atomic mass is 10.1. The number of nitrogens with zero attached hydrogens (tertiary/aromatic N) is 2. The van der Waals surface area contributed by atoms with E-state index in [1.54, 1.807) is 13.2 Å². The fourth-order valence-electron chi connectivity index (χ4n) is 2.77. The summed E-state index contributed by atoms with van der Waals surface area (Å²) in [5.41, 5.74) is 1.66. The first-order chi connectivity index (χ1) is 11.5. The molecule has 2 amide bonds. The average Bonchev–Trinajstić information content (AvgIpc) is 2.60. The van der Waals surface area contributed by atoms with E-state index >= 15 is 0 Å². The van der Waals surface area contributed by atoms with Gasteiger partial charge in [-0.2, -0.15) is 0 Å². The van der Waals surface area contributed by atoms with Gasteiger partial charge in [-0.25, -0.2) is 0 Å². The zero-order valence-electron chi connectivity index (χ0n) is 14.8. The normalized spacial score (nSPS) is 15.2. The van der Waals surface area contributed by atoms with E-state index in [1.165, 1.54) is 0 Å². The number of hydrogen-bond donors (Lipinski definition) is 1. The highest BCUT2D eigenvalue weighted by Crippen LogP contribution is 2.20. The van der Waals surface area contributed by atoms with Crippen molar-refractivity contribution in [2.24, 2.45) is 0 Å². The number of methoxy groups -OCH3 is 1. The maximum Gasteiger partial charge on any atom is 0.254 e. The second-order valence-electron chi connectivity index (χ2n) is 6.10. The van der Waals surface area contributed by atoms with Crippen LogP contribution in [-0.2, 0) is 4.79 Å². The van der Waals surface area contributed by atoms with Crippen LogP contribution in [0.25, 0.3) is 0 Å². The summed E-state index contributed by atoms with van der Waals surface area (Å²) in [5, 5.41) is 2.88. The number of carbonyl (C=O) groups is 2. The number of hydrogen-bond acceptors (Lipinski definition) is 4. The molecule has 1 fully saturated rings. The molecule has 1 aliphatic rings. The first kappa shape index (κ1) is 18.3. The van der Waals surface area contributed by atoms with Crippen LogP contribution in [-0.4, -0.2) is 68.0 Å². The average molecular weight is 333 g/mol. The van der Waals surface area contributed by atoms with E-state index in [2.05, 4.69) is 10.2 Å². The number of carbonyl (C=O) groups excluding carboxylic acids is 2. The van der Waals surface area contributed by atoms with Gasteiger partial charge in [-0.05, 0) is 31.0 Å². The van der Waals surface area contributed by atoms with Gasteiger partial charge in [-0.3, -0.25) is 14.5 Å². The third-order valence-corrected chi connectivity index (χ3v) is 4.25. The van der Waals surface area contributed by atoms with Gasteiger partial charge < -0.3 is 15.0 Å². The van der Waals surface area contributed by atoms with Crippen molar-refractivity contribution in [3.63, 3.8) is 0 Å². The molecular weight excluding hydrogens is 306 g/mol. The first-order valence-corrected chi connectivity index (χ1v) is 8.48. The Morgan fingerprint density at radius 3 is 2.54 bits per heavy atom. The lowest BCUT2D eigenvalue weighted by molar-refractivity contribution is -0.122. The summed E-state index contributed by atoms with van der Waals surface area (Å²) < 4.78 is 5.29. The summed E-state index contributed by atoms with van der Waals surface area (Å²) in [6, 6.07) is 5.54. The summed E-state index contributed by atoms with van der Waals surface area (Å²) in [4.78, 5) is 28.3. The highest BCUT2D eigenvalue weighted by Gasteiger charge is 2.23. The maximum atomic E-state index is 12.6. The van der Waals surface area contributed by atoms with Crippen LogP contribution in [0.4, 0.5) is 0 Å². The maximum absolute atomic E-state index is 12.6. The quantitative estimate of drug-likeness (QED) is 0.852. The predicted octanol–water partition coefficient (Wildman–Crippen LogP) is 1.29. The molecular formula is C18H27N3O3. The van der Waals surface area contributed by atoms with Crippen LogP contribution in [0.3, 0.4) is 0 Å². The van der Waals surface area contributed by atoms with Crippen molar-refractivity contribution < 1.29 is 14.3 Å². The number of nitrogens with one attached hydrogen (secondary N) is 1. The topological polar surface area (TPSA) is 61.9 Å². The van der Waals surface area contributed by atoms with Crippen molar-refractivity contribution in [1.29, 1.82) is 0 Å². The third kappa shape index (κ3) is 4.71. The van der Waals surface area contributed by atoms with E-state index in [4.69, 9.17) is 4.74 Å². The van der Waals surface area contributed by atoms with Crippen molar-refractivity contribution >= 4 is 11.8 Å².